The highest BCUT2D eigenvalue weighted by molar-refractivity contribution is 7.17. The van der Waals surface area contributed by atoms with Crippen LogP contribution in [-0.4, -0.2) is 35.8 Å². The monoisotopic (exact) mass is 353 g/mol. The second-order valence-corrected chi connectivity index (χ2v) is 7.42. The number of hydrogen-bond donors (Lipinski definition) is 0. The Hall–Kier alpha value is -1.98. The summed E-state index contributed by atoms with van der Waals surface area (Å²) < 4.78 is 5.87. The minimum atomic E-state index is 0.297. The molecule has 3 aromatic rings. The first kappa shape index (κ1) is 16.5. The number of nitrogens with zero attached hydrogens (tertiary/aromatic N) is 3. The van der Waals surface area contributed by atoms with Gasteiger partial charge in [0.05, 0.1) is 11.5 Å². The lowest BCUT2D eigenvalue weighted by Crippen LogP contribution is -2.40. The summed E-state index contributed by atoms with van der Waals surface area (Å²) in [5.74, 6) is 1.05. The van der Waals surface area contributed by atoms with Gasteiger partial charge in [-0.05, 0) is 32.3 Å². The van der Waals surface area contributed by atoms with Gasteiger partial charge < -0.3 is 9.64 Å². The molecule has 0 aliphatic carbocycles. The van der Waals surface area contributed by atoms with Crippen LogP contribution in [0.25, 0.3) is 21.3 Å². The molecule has 1 unspecified atom stereocenters. The van der Waals surface area contributed by atoms with Crippen molar-refractivity contribution in [3.8, 4) is 11.1 Å². The molecule has 5 heteroatoms. The van der Waals surface area contributed by atoms with Crippen molar-refractivity contribution in [2.24, 2.45) is 0 Å². The molecule has 1 aliphatic rings. The summed E-state index contributed by atoms with van der Waals surface area (Å²) >= 11 is 1.69. The molecule has 0 spiro atoms. The van der Waals surface area contributed by atoms with Crippen LogP contribution in [0.4, 0.5) is 5.82 Å². The quantitative estimate of drug-likeness (QED) is 0.683. The van der Waals surface area contributed by atoms with Crippen molar-refractivity contribution in [1.82, 2.24) is 9.97 Å². The van der Waals surface area contributed by atoms with Gasteiger partial charge in [-0.15, -0.1) is 11.3 Å². The summed E-state index contributed by atoms with van der Waals surface area (Å²) in [5, 5.41) is 3.38. The predicted octanol–water partition coefficient (Wildman–Crippen LogP) is 4.67. The van der Waals surface area contributed by atoms with Crippen molar-refractivity contribution in [2.45, 2.75) is 32.8 Å². The number of hydrogen-bond acceptors (Lipinski definition) is 5. The van der Waals surface area contributed by atoms with Crippen molar-refractivity contribution in [2.75, 3.05) is 24.6 Å². The van der Waals surface area contributed by atoms with Crippen LogP contribution < -0.4 is 4.90 Å². The van der Waals surface area contributed by atoms with Crippen molar-refractivity contribution in [1.29, 1.82) is 0 Å². The number of benzene rings is 1. The lowest BCUT2D eigenvalue weighted by Gasteiger charge is -2.33. The molecular formula is C20H23N3OS. The number of ether oxygens (including phenoxy) is 1. The van der Waals surface area contributed by atoms with E-state index >= 15 is 0 Å². The molecule has 130 valence electrons. The van der Waals surface area contributed by atoms with Gasteiger partial charge in [-0.1, -0.05) is 29.8 Å². The Kier molecular flexibility index (Phi) is 4.68. The maximum Gasteiger partial charge on any atom is 0.141 e. The van der Waals surface area contributed by atoms with Gasteiger partial charge in [0.2, 0.25) is 0 Å². The molecule has 0 radical (unpaired) electrons. The first-order valence-corrected chi connectivity index (χ1v) is 9.80. The summed E-state index contributed by atoms with van der Waals surface area (Å²) in [7, 11) is 0. The maximum atomic E-state index is 5.87. The van der Waals surface area contributed by atoms with Gasteiger partial charge in [0.25, 0.3) is 0 Å². The largest absolute Gasteiger partial charge is 0.377 e. The van der Waals surface area contributed by atoms with E-state index < -0.39 is 0 Å². The summed E-state index contributed by atoms with van der Waals surface area (Å²) in [6.45, 7) is 6.88. The zero-order valence-corrected chi connectivity index (χ0v) is 15.6. The van der Waals surface area contributed by atoms with Gasteiger partial charge >= 0.3 is 0 Å². The number of aryl methyl sites for hydroxylation is 1. The molecule has 4 nitrogen and oxygen atoms in total. The second kappa shape index (κ2) is 7.10. The summed E-state index contributed by atoms with van der Waals surface area (Å²) in [5.41, 5.74) is 3.73. The molecule has 3 heterocycles. The normalized spacial score (nSPS) is 18.0. The summed E-state index contributed by atoms with van der Waals surface area (Å²) in [6, 6.07) is 8.70. The molecule has 25 heavy (non-hydrogen) atoms. The lowest BCUT2D eigenvalue weighted by molar-refractivity contribution is 0.0526. The number of rotatable bonds is 4. The Bertz CT molecular complexity index is 857. The summed E-state index contributed by atoms with van der Waals surface area (Å²) in [6.07, 6.45) is 4.26. The fraction of sp³-hybridized carbons (Fsp3) is 0.400. The Morgan fingerprint density at radius 1 is 1.24 bits per heavy atom. The molecule has 0 N–H and O–H groups in total. The van der Waals surface area contributed by atoms with E-state index in [0.29, 0.717) is 6.10 Å². The molecular weight excluding hydrogens is 330 g/mol. The number of aromatic nitrogens is 2. The second-order valence-electron chi connectivity index (χ2n) is 6.56. The highest BCUT2D eigenvalue weighted by Crippen LogP contribution is 2.38. The topological polar surface area (TPSA) is 38.2 Å². The third-order valence-electron chi connectivity index (χ3n) is 4.79. The van der Waals surface area contributed by atoms with Gasteiger partial charge in [-0.3, -0.25) is 0 Å². The molecule has 0 amide bonds. The Balaban J connectivity index is 1.76. The van der Waals surface area contributed by atoms with Crippen LogP contribution in [0, 0.1) is 6.92 Å². The lowest BCUT2D eigenvalue weighted by atomic mass is 10.0. The third-order valence-corrected chi connectivity index (χ3v) is 5.68. The molecule has 1 aromatic carbocycles. The minimum absolute atomic E-state index is 0.297. The highest BCUT2D eigenvalue weighted by atomic mass is 32.1. The van der Waals surface area contributed by atoms with Gasteiger partial charge in [0.1, 0.15) is 17.0 Å². The van der Waals surface area contributed by atoms with Crippen molar-refractivity contribution in [3.63, 3.8) is 0 Å². The fourth-order valence-electron chi connectivity index (χ4n) is 3.55. The van der Waals surface area contributed by atoms with Crippen LogP contribution in [0.2, 0.25) is 0 Å². The zero-order valence-electron chi connectivity index (χ0n) is 14.7. The molecule has 1 saturated heterocycles. The van der Waals surface area contributed by atoms with Gasteiger partial charge in [0.15, 0.2) is 0 Å². The van der Waals surface area contributed by atoms with Crippen molar-refractivity contribution < 1.29 is 4.74 Å². The van der Waals surface area contributed by atoms with Gasteiger partial charge in [-0.25, -0.2) is 9.97 Å². The standard InChI is InChI=1S/C20H23N3OS/c1-3-24-16-5-4-10-23(11-16)19-18-17(12-25-20(18)22-13-21-19)15-8-6-14(2)7-9-15/h6-9,12-13,16H,3-5,10-11H2,1-2H3. The van der Waals surface area contributed by atoms with Gasteiger partial charge in [-0.2, -0.15) is 0 Å². The molecule has 1 aliphatic heterocycles. The van der Waals surface area contributed by atoms with E-state index in [-0.39, 0.29) is 0 Å². The van der Waals surface area contributed by atoms with E-state index in [9.17, 15) is 0 Å². The fourth-order valence-corrected chi connectivity index (χ4v) is 4.46. The number of piperidine rings is 1. The van der Waals surface area contributed by atoms with Crippen molar-refractivity contribution >= 4 is 27.4 Å². The SMILES string of the molecule is CCOC1CCCN(c2ncnc3scc(-c4ccc(C)cc4)c23)C1. The van der Waals surface area contributed by atoms with E-state index in [1.807, 2.05) is 0 Å². The van der Waals surface area contributed by atoms with Crippen LogP contribution in [0.5, 0.6) is 0 Å². The Labute approximate surface area is 152 Å². The van der Waals surface area contributed by atoms with Gasteiger partial charge in [0, 0.05) is 30.6 Å². The Morgan fingerprint density at radius 3 is 2.88 bits per heavy atom. The smallest absolute Gasteiger partial charge is 0.141 e. The summed E-state index contributed by atoms with van der Waals surface area (Å²) in [4.78, 5) is 12.6. The van der Waals surface area contributed by atoms with E-state index in [4.69, 9.17) is 4.74 Å². The van der Waals surface area contributed by atoms with Crippen LogP contribution in [0.15, 0.2) is 36.0 Å². The molecule has 1 atom stereocenters. The van der Waals surface area contributed by atoms with E-state index in [2.05, 4.69) is 58.4 Å². The zero-order chi connectivity index (χ0) is 17.2. The van der Waals surface area contributed by atoms with Crippen LogP contribution in [0.1, 0.15) is 25.3 Å². The average Bonchev–Trinajstić information content (AvgIpc) is 3.07. The van der Waals surface area contributed by atoms with Crippen molar-refractivity contribution in [3.05, 3.63) is 41.5 Å². The Morgan fingerprint density at radius 2 is 2.08 bits per heavy atom. The van der Waals surface area contributed by atoms with E-state index in [0.717, 1.165) is 43.2 Å². The van der Waals surface area contributed by atoms with Crippen LogP contribution >= 0.6 is 11.3 Å². The van der Waals surface area contributed by atoms with Crippen LogP contribution in [-0.2, 0) is 4.74 Å². The molecule has 2 aromatic heterocycles. The molecule has 4 rings (SSSR count). The third kappa shape index (κ3) is 3.26. The average molecular weight is 353 g/mol. The van der Waals surface area contributed by atoms with E-state index in [1.165, 1.54) is 22.1 Å². The predicted molar refractivity (Wildman–Crippen MR) is 104 cm³/mol. The minimum Gasteiger partial charge on any atom is -0.377 e. The molecule has 0 saturated carbocycles. The first-order chi connectivity index (χ1) is 12.3. The van der Waals surface area contributed by atoms with Crippen LogP contribution in [0.3, 0.4) is 0 Å². The number of thiophene rings is 1. The molecule has 1 fully saturated rings. The highest BCUT2D eigenvalue weighted by Gasteiger charge is 2.24. The number of anilines is 1. The first-order valence-electron chi connectivity index (χ1n) is 8.92. The maximum absolute atomic E-state index is 5.87. The molecule has 0 bridgehead atoms. The number of fused-ring (bicyclic) bond motifs is 1. The van der Waals surface area contributed by atoms with E-state index in [1.54, 1.807) is 17.7 Å².